The number of imidazole rings is 1. The summed E-state index contributed by atoms with van der Waals surface area (Å²) in [5.74, 6) is -0.350. The zero-order chi connectivity index (χ0) is 17.8. The second-order valence-electron chi connectivity index (χ2n) is 4.83. The average Bonchev–Trinajstić information content (AvgIpc) is 2.76. The lowest BCUT2D eigenvalue weighted by molar-refractivity contribution is -0.137. The number of carbonyl (C=O) groups is 1. The Labute approximate surface area is 135 Å². The van der Waals surface area contributed by atoms with Crippen molar-refractivity contribution in [2.24, 2.45) is 0 Å². The number of aromatic amines is 1. The fourth-order valence-corrected chi connectivity index (χ4v) is 2.62. The third kappa shape index (κ3) is 2.44. The Kier molecular flexibility index (Phi) is 3.44. The molecule has 0 unspecified atom stereocenters. The van der Waals surface area contributed by atoms with E-state index < -0.39 is 28.5 Å². The molecule has 0 bridgehead atoms. The van der Waals surface area contributed by atoms with Gasteiger partial charge in [0.2, 0.25) is 11.5 Å². The molecule has 2 aromatic heterocycles. The van der Waals surface area contributed by atoms with Gasteiger partial charge >= 0.3 is 12.3 Å². The fourth-order valence-electron chi connectivity index (χ4n) is 2.35. The number of ether oxygens (including phenoxy) is 1. The molecule has 0 fully saturated rings. The van der Waals surface area contributed by atoms with Crippen LogP contribution in [0, 0.1) is 6.92 Å². The maximum absolute atomic E-state index is 12.9. The van der Waals surface area contributed by atoms with Gasteiger partial charge in [-0.05, 0) is 19.1 Å². The Balaban J connectivity index is 2.42. The highest BCUT2D eigenvalue weighted by Crippen LogP contribution is 2.37. The minimum atomic E-state index is -4.70. The van der Waals surface area contributed by atoms with E-state index in [2.05, 4.69) is 14.7 Å². The topological polar surface area (TPSA) is 96.7 Å². The number of nitrogens with one attached hydrogen (secondary N) is 1. The standard InChI is InChI=1S/C13H7ClF3N3O4/c1-4-11(24-12(22)23)19-9-10(21)18-7-2-5(13(15,16)17)6(14)3-8(7)20(4)9/h2-3H,1H3,(H,18,21)(H,22,23). The molecule has 11 heteroatoms. The molecule has 2 N–H and O–H groups in total. The molecule has 0 amide bonds. The first-order valence-corrected chi connectivity index (χ1v) is 6.70. The van der Waals surface area contributed by atoms with Gasteiger partial charge in [-0.3, -0.25) is 9.20 Å². The van der Waals surface area contributed by atoms with Crippen LogP contribution in [0.2, 0.25) is 5.02 Å². The molecule has 0 aliphatic heterocycles. The van der Waals surface area contributed by atoms with Gasteiger partial charge in [-0.2, -0.15) is 18.2 Å². The van der Waals surface area contributed by atoms with Crippen molar-refractivity contribution in [3.63, 3.8) is 0 Å². The van der Waals surface area contributed by atoms with E-state index in [0.29, 0.717) is 6.07 Å². The number of halogens is 4. The predicted molar refractivity (Wildman–Crippen MR) is 76.7 cm³/mol. The van der Waals surface area contributed by atoms with E-state index in [1.165, 1.54) is 11.3 Å². The molecule has 0 atom stereocenters. The number of benzene rings is 1. The molecular weight excluding hydrogens is 355 g/mol. The molecule has 3 rings (SSSR count). The van der Waals surface area contributed by atoms with Crippen LogP contribution in [0.1, 0.15) is 11.3 Å². The summed E-state index contributed by atoms with van der Waals surface area (Å²) in [6.07, 6.45) is -6.33. The molecule has 3 aromatic rings. The Bertz CT molecular complexity index is 1050. The Hall–Kier alpha value is -2.75. The first-order chi connectivity index (χ1) is 11.1. The van der Waals surface area contributed by atoms with Gasteiger partial charge in [0.15, 0.2) is 0 Å². The van der Waals surface area contributed by atoms with Gasteiger partial charge in [-0.1, -0.05) is 11.6 Å². The summed E-state index contributed by atoms with van der Waals surface area (Å²) in [5, 5.41) is 8.09. The van der Waals surface area contributed by atoms with Gasteiger partial charge in [0.25, 0.3) is 5.56 Å². The van der Waals surface area contributed by atoms with Crippen molar-refractivity contribution in [1.29, 1.82) is 0 Å². The van der Waals surface area contributed by atoms with E-state index in [9.17, 15) is 22.8 Å². The number of rotatable bonds is 1. The highest BCUT2D eigenvalue weighted by atomic mass is 35.5. The van der Waals surface area contributed by atoms with Crippen LogP contribution in [-0.4, -0.2) is 25.6 Å². The summed E-state index contributed by atoms with van der Waals surface area (Å²) < 4.78 is 44.5. The van der Waals surface area contributed by atoms with Crippen molar-refractivity contribution in [1.82, 2.24) is 14.4 Å². The average molecular weight is 362 g/mol. The quantitative estimate of drug-likeness (QED) is 0.649. The summed E-state index contributed by atoms with van der Waals surface area (Å²) in [4.78, 5) is 28.7. The van der Waals surface area contributed by atoms with Crippen LogP contribution in [0.5, 0.6) is 5.88 Å². The number of hydrogen-bond acceptors (Lipinski definition) is 4. The lowest BCUT2D eigenvalue weighted by Gasteiger charge is -2.11. The monoisotopic (exact) mass is 361 g/mol. The molecule has 7 nitrogen and oxygen atoms in total. The summed E-state index contributed by atoms with van der Waals surface area (Å²) >= 11 is 5.70. The van der Waals surface area contributed by atoms with Crippen LogP contribution < -0.4 is 10.3 Å². The summed E-state index contributed by atoms with van der Waals surface area (Å²) in [7, 11) is 0. The van der Waals surface area contributed by atoms with Gasteiger partial charge in [-0.15, -0.1) is 0 Å². The number of carboxylic acid groups (broad SMARTS) is 1. The zero-order valence-electron chi connectivity index (χ0n) is 11.7. The number of aromatic nitrogens is 3. The second-order valence-corrected chi connectivity index (χ2v) is 5.24. The van der Waals surface area contributed by atoms with Gasteiger partial charge in [0.05, 0.1) is 27.3 Å². The van der Waals surface area contributed by atoms with Crippen molar-refractivity contribution in [2.75, 3.05) is 0 Å². The van der Waals surface area contributed by atoms with Gasteiger partial charge < -0.3 is 14.8 Å². The molecule has 2 heterocycles. The van der Waals surface area contributed by atoms with Crippen LogP contribution in [0.25, 0.3) is 16.7 Å². The maximum Gasteiger partial charge on any atom is 0.512 e. The predicted octanol–water partition coefficient (Wildman–Crippen LogP) is 3.21. The minimum Gasteiger partial charge on any atom is -0.449 e. The third-order valence-corrected chi connectivity index (χ3v) is 3.64. The van der Waals surface area contributed by atoms with E-state index in [-0.39, 0.29) is 28.3 Å². The SMILES string of the molecule is Cc1c(OC(=O)O)nc2c(=O)[nH]c3cc(C(F)(F)F)c(Cl)cc3n12. The van der Waals surface area contributed by atoms with Crippen molar-refractivity contribution in [2.45, 2.75) is 13.1 Å². The van der Waals surface area contributed by atoms with E-state index in [4.69, 9.17) is 16.7 Å². The number of nitrogens with zero attached hydrogens (tertiary/aromatic N) is 2. The number of aryl methyl sites for hydroxylation is 1. The van der Waals surface area contributed by atoms with Crippen molar-refractivity contribution in [3.05, 3.63) is 38.8 Å². The lowest BCUT2D eigenvalue weighted by atomic mass is 10.2. The number of alkyl halides is 3. The van der Waals surface area contributed by atoms with Crippen molar-refractivity contribution in [3.8, 4) is 5.88 Å². The number of hydrogen-bond donors (Lipinski definition) is 2. The van der Waals surface area contributed by atoms with Gasteiger partial charge in [0, 0.05) is 0 Å². The van der Waals surface area contributed by atoms with Crippen molar-refractivity contribution < 1.29 is 27.8 Å². The van der Waals surface area contributed by atoms with E-state index in [1.807, 2.05) is 0 Å². The largest absolute Gasteiger partial charge is 0.512 e. The van der Waals surface area contributed by atoms with Crippen LogP contribution in [0.15, 0.2) is 16.9 Å². The van der Waals surface area contributed by atoms with E-state index in [1.54, 1.807) is 0 Å². The highest BCUT2D eigenvalue weighted by molar-refractivity contribution is 6.32. The third-order valence-electron chi connectivity index (χ3n) is 3.33. The minimum absolute atomic E-state index is 0.118. The lowest BCUT2D eigenvalue weighted by Crippen LogP contribution is -2.13. The van der Waals surface area contributed by atoms with E-state index >= 15 is 0 Å². The van der Waals surface area contributed by atoms with Gasteiger partial charge in [-0.25, -0.2) is 4.79 Å². The Morgan fingerprint density at radius 3 is 2.67 bits per heavy atom. The molecule has 0 saturated carbocycles. The second kappa shape index (κ2) is 5.13. The smallest absolute Gasteiger partial charge is 0.449 e. The van der Waals surface area contributed by atoms with Crippen LogP contribution >= 0.6 is 11.6 Å². The Morgan fingerprint density at radius 2 is 2.08 bits per heavy atom. The molecule has 0 aliphatic rings. The number of fused-ring (bicyclic) bond motifs is 3. The molecule has 0 aliphatic carbocycles. The van der Waals surface area contributed by atoms with Crippen molar-refractivity contribution >= 4 is 34.4 Å². The maximum atomic E-state index is 12.9. The summed E-state index contributed by atoms with van der Waals surface area (Å²) in [5.41, 5.74) is -2.03. The summed E-state index contributed by atoms with van der Waals surface area (Å²) in [6, 6.07) is 1.72. The molecule has 126 valence electrons. The van der Waals surface area contributed by atoms with Crippen LogP contribution in [-0.2, 0) is 6.18 Å². The van der Waals surface area contributed by atoms with E-state index in [0.717, 1.165) is 6.07 Å². The summed E-state index contributed by atoms with van der Waals surface area (Å²) in [6.45, 7) is 1.41. The first-order valence-electron chi connectivity index (χ1n) is 6.32. The highest BCUT2D eigenvalue weighted by Gasteiger charge is 2.34. The first kappa shape index (κ1) is 16.1. The molecule has 24 heavy (non-hydrogen) atoms. The van der Waals surface area contributed by atoms with Crippen LogP contribution in [0.4, 0.5) is 18.0 Å². The zero-order valence-corrected chi connectivity index (χ0v) is 12.5. The molecule has 0 saturated heterocycles. The fraction of sp³-hybridized carbons (Fsp3) is 0.154. The molecular formula is C13H7ClF3N3O4. The normalized spacial score (nSPS) is 12.0. The van der Waals surface area contributed by atoms with Gasteiger partial charge in [0.1, 0.15) is 0 Å². The molecule has 0 spiro atoms. The Morgan fingerprint density at radius 1 is 1.42 bits per heavy atom. The molecule has 1 aromatic carbocycles. The molecule has 0 radical (unpaired) electrons. The van der Waals surface area contributed by atoms with Crippen LogP contribution in [0.3, 0.4) is 0 Å². The number of H-pyrrole nitrogens is 1.